The van der Waals surface area contributed by atoms with Gasteiger partial charge in [0.15, 0.2) is 5.76 Å². The molecule has 0 bridgehead atoms. The van der Waals surface area contributed by atoms with Crippen molar-refractivity contribution >= 4 is 17.7 Å². The van der Waals surface area contributed by atoms with Crippen molar-refractivity contribution in [3.63, 3.8) is 0 Å². The summed E-state index contributed by atoms with van der Waals surface area (Å²) in [6.07, 6.45) is 0. The largest absolute Gasteiger partial charge is 0.458 e. The van der Waals surface area contributed by atoms with E-state index in [9.17, 15) is 18.0 Å². The Labute approximate surface area is 151 Å². The van der Waals surface area contributed by atoms with Gasteiger partial charge in [0.25, 0.3) is 0 Å². The second kappa shape index (κ2) is 8.09. The summed E-state index contributed by atoms with van der Waals surface area (Å²) >= 11 is 1.21. The minimum Gasteiger partial charge on any atom is -0.458 e. The van der Waals surface area contributed by atoms with Crippen LogP contribution in [0, 0.1) is 17.5 Å². The number of benzene rings is 2. The zero-order valence-electron chi connectivity index (χ0n) is 13.2. The van der Waals surface area contributed by atoms with Gasteiger partial charge in [-0.15, -0.1) is 11.8 Å². The van der Waals surface area contributed by atoms with E-state index in [1.54, 1.807) is 12.1 Å². The predicted molar refractivity (Wildman–Crippen MR) is 88.8 cm³/mol. The van der Waals surface area contributed by atoms with Gasteiger partial charge in [0.05, 0.1) is 11.3 Å². The summed E-state index contributed by atoms with van der Waals surface area (Å²) in [4.78, 5) is 12.5. The second-order valence-corrected chi connectivity index (χ2v) is 6.26. The topological polar surface area (TPSA) is 52.3 Å². The highest BCUT2D eigenvalue weighted by Crippen LogP contribution is 2.24. The van der Waals surface area contributed by atoms with E-state index in [-0.39, 0.29) is 29.5 Å². The van der Waals surface area contributed by atoms with Crippen LogP contribution in [0.2, 0.25) is 0 Å². The maximum atomic E-state index is 13.7. The van der Waals surface area contributed by atoms with E-state index >= 15 is 0 Å². The lowest BCUT2D eigenvalue weighted by atomic mass is 10.1. The molecule has 1 aromatic heterocycles. The van der Waals surface area contributed by atoms with E-state index < -0.39 is 17.6 Å². The first-order chi connectivity index (χ1) is 12.5. The van der Waals surface area contributed by atoms with Crippen LogP contribution in [-0.2, 0) is 16.1 Å². The number of halogens is 3. The Kier molecular flexibility index (Phi) is 5.62. The van der Waals surface area contributed by atoms with Gasteiger partial charge in [-0.3, -0.25) is 4.79 Å². The van der Waals surface area contributed by atoms with Crippen LogP contribution in [0.25, 0.3) is 11.3 Å². The number of rotatable bonds is 6. The van der Waals surface area contributed by atoms with Crippen molar-refractivity contribution < 1.29 is 27.2 Å². The van der Waals surface area contributed by atoms with Crippen molar-refractivity contribution in [3.05, 3.63) is 71.7 Å². The highest BCUT2D eigenvalue weighted by Gasteiger charge is 2.13. The zero-order chi connectivity index (χ0) is 18.5. The van der Waals surface area contributed by atoms with E-state index in [4.69, 9.17) is 9.26 Å². The summed E-state index contributed by atoms with van der Waals surface area (Å²) in [7, 11) is 0. The van der Waals surface area contributed by atoms with Crippen LogP contribution in [-0.4, -0.2) is 16.9 Å². The molecule has 0 saturated carbocycles. The third-order valence-electron chi connectivity index (χ3n) is 3.31. The van der Waals surface area contributed by atoms with E-state index in [1.807, 2.05) is 0 Å². The average Bonchev–Trinajstić information content (AvgIpc) is 3.08. The van der Waals surface area contributed by atoms with Crippen molar-refractivity contribution in [3.8, 4) is 11.3 Å². The van der Waals surface area contributed by atoms with Crippen LogP contribution < -0.4 is 0 Å². The first-order valence-corrected chi connectivity index (χ1v) is 8.45. The van der Waals surface area contributed by atoms with Gasteiger partial charge in [-0.2, -0.15) is 0 Å². The van der Waals surface area contributed by atoms with E-state index in [2.05, 4.69) is 5.16 Å². The van der Waals surface area contributed by atoms with Gasteiger partial charge < -0.3 is 9.26 Å². The number of hydrogen-bond acceptors (Lipinski definition) is 5. The minimum absolute atomic E-state index is 0.0446. The van der Waals surface area contributed by atoms with Gasteiger partial charge in [0, 0.05) is 17.0 Å². The number of ether oxygens (including phenoxy) is 1. The average molecular weight is 379 g/mol. The van der Waals surface area contributed by atoms with Crippen molar-refractivity contribution in [2.45, 2.75) is 11.5 Å². The Morgan fingerprint density at radius 3 is 2.50 bits per heavy atom. The molecule has 26 heavy (non-hydrogen) atoms. The summed E-state index contributed by atoms with van der Waals surface area (Å²) in [6, 6.07) is 10.2. The first-order valence-electron chi connectivity index (χ1n) is 7.46. The number of carbonyl (C=O) groups is 1. The maximum Gasteiger partial charge on any atom is 0.316 e. The predicted octanol–water partition coefficient (Wildman–Crippen LogP) is 4.59. The summed E-state index contributed by atoms with van der Waals surface area (Å²) in [5.74, 6) is -2.16. The molecule has 0 atom stereocenters. The van der Waals surface area contributed by atoms with E-state index in [0.717, 1.165) is 17.0 Å². The molecule has 0 aliphatic rings. The molecule has 0 unspecified atom stereocenters. The summed E-state index contributed by atoms with van der Waals surface area (Å²) in [5.41, 5.74) is 0.354. The quantitative estimate of drug-likeness (QED) is 0.463. The van der Waals surface area contributed by atoms with E-state index in [0.29, 0.717) is 5.69 Å². The highest BCUT2D eigenvalue weighted by atomic mass is 32.2. The Balaban J connectivity index is 1.52. The van der Waals surface area contributed by atoms with E-state index in [1.165, 1.54) is 36.0 Å². The summed E-state index contributed by atoms with van der Waals surface area (Å²) in [6.45, 7) is -0.144. The van der Waals surface area contributed by atoms with Crippen LogP contribution in [0.3, 0.4) is 0 Å². The lowest BCUT2D eigenvalue weighted by Gasteiger charge is -2.02. The molecule has 0 saturated heterocycles. The van der Waals surface area contributed by atoms with Crippen molar-refractivity contribution in [2.24, 2.45) is 0 Å². The number of carbonyl (C=O) groups excluding carboxylic acids is 1. The molecule has 2 aromatic carbocycles. The fraction of sp³-hybridized carbons (Fsp3) is 0.111. The van der Waals surface area contributed by atoms with Crippen LogP contribution in [0.1, 0.15) is 5.69 Å². The molecule has 0 fully saturated rings. The van der Waals surface area contributed by atoms with Crippen molar-refractivity contribution in [1.82, 2.24) is 5.16 Å². The molecule has 0 amide bonds. The highest BCUT2D eigenvalue weighted by molar-refractivity contribution is 8.00. The van der Waals surface area contributed by atoms with Gasteiger partial charge >= 0.3 is 5.97 Å². The number of esters is 1. The molecule has 4 nitrogen and oxygen atoms in total. The third-order valence-corrected chi connectivity index (χ3v) is 4.29. The zero-order valence-corrected chi connectivity index (χ0v) is 14.1. The number of thioether (sulfide) groups is 1. The Hall–Kier alpha value is -2.74. The van der Waals surface area contributed by atoms with Gasteiger partial charge in [-0.25, -0.2) is 13.2 Å². The third kappa shape index (κ3) is 4.66. The molecule has 8 heteroatoms. The molecule has 0 spiro atoms. The molecule has 0 aliphatic carbocycles. The molecule has 134 valence electrons. The van der Waals surface area contributed by atoms with Crippen molar-refractivity contribution in [1.29, 1.82) is 0 Å². The molecule has 1 heterocycles. The van der Waals surface area contributed by atoms with Crippen LogP contribution in [0.5, 0.6) is 0 Å². The van der Waals surface area contributed by atoms with Gasteiger partial charge in [-0.05, 0) is 36.4 Å². The second-order valence-electron chi connectivity index (χ2n) is 5.21. The number of aromatic nitrogens is 1. The standard InChI is InChI=1S/C18H12F3NO3S/c19-11-1-4-14(5-2-11)26-10-18(23)24-9-13-8-17(25-22-13)15-6-3-12(20)7-16(15)21/h1-8H,9-10H2. The molecule has 0 radical (unpaired) electrons. The molecular formula is C18H12F3NO3S. The van der Waals surface area contributed by atoms with Crippen LogP contribution in [0.15, 0.2) is 57.9 Å². The molecule has 0 aliphatic heterocycles. The molecule has 0 N–H and O–H groups in total. The Bertz CT molecular complexity index is 912. The van der Waals surface area contributed by atoms with Gasteiger partial charge in [0.2, 0.25) is 0 Å². The molecular weight excluding hydrogens is 367 g/mol. The smallest absolute Gasteiger partial charge is 0.316 e. The fourth-order valence-electron chi connectivity index (χ4n) is 2.07. The minimum atomic E-state index is -0.777. The monoisotopic (exact) mass is 379 g/mol. The Morgan fingerprint density at radius 1 is 1.04 bits per heavy atom. The lowest BCUT2D eigenvalue weighted by Crippen LogP contribution is -2.07. The Morgan fingerprint density at radius 2 is 1.77 bits per heavy atom. The molecule has 3 rings (SSSR count). The van der Waals surface area contributed by atoms with Crippen molar-refractivity contribution in [2.75, 3.05) is 5.75 Å². The normalized spacial score (nSPS) is 10.7. The summed E-state index contributed by atoms with van der Waals surface area (Å²) < 4.78 is 49.5. The van der Waals surface area contributed by atoms with Crippen LogP contribution >= 0.6 is 11.8 Å². The SMILES string of the molecule is O=C(CSc1ccc(F)cc1)OCc1cc(-c2ccc(F)cc2F)on1. The van der Waals surface area contributed by atoms with Gasteiger partial charge in [0.1, 0.15) is 29.8 Å². The maximum absolute atomic E-state index is 13.7. The number of nitrogens with zero attached hydrogens (tertiary/aromatic N) is 1. The fourth-order valence-corrected chi connectivity index (χ4v) is 2.76. The molecule has 3 aromatic rings. The summed E-state index contributed by atoms with van der Waals surface area (Å²) in [5, 5.41) is 3.69. The number of hydrogen-bond donors (Lipinski definition) is 0. The lowest BCUT2D eigenvalue weighted by molar-refractivity contribution is -0.141. The van der Waals surface area contributed by atoms with Gasteiger partial charge in [-0.1, -0.05) is 5.16 Å². The van der Waals surface area contributed by atoms with Crippen LogP contribution in [0.4, 0.5) is 13.2 Å². The first kappa shape index (κ1) is 18.1.